The fourth-order valence-electron chi connectivity index (χ4n) is 8.52. The van der Waals surface area contributed by atoms with Crippen LogP contribution in [0.1, 0.15) is 11.1 Å². The maximum Gasteiger partial charge on any atom is 0.166 e. The van der Waals surface area contributed by atoms with E-state index in [0.717, 1.165) is 66.4 Å². The molecule has 298 valence electrons. The van der Waals surface area contributed by atoms with Gasteiger partial charge in [-0.2, -0.15) is 0 Å². The Labute approximate surface area is 365 Å². The molecule has 8 aromatic carbocycles. The van der Waals surface area contributed by atoms with E-state index in [1.165, 1.54) is 16.7 Å². The highest BCUT2D eigenvalue weighted by molar-refractivity contribution is 6.11. The van der Waals surface area contributed by atoms with Crippen LogP contribution in [0.3, 0.4) is 0 Å². The topological polar surface area (TPSA) is 82.3 Å². The van der Waals surface area contributed by atoms with Gasteiger partial charge in [0.25, 0.3) is 0 Å². The van der Waals surface area contributed by atoms with Gasteiger partial charge in [0.05, 0.1) is 16.7 Å². The second kappa shape index (κ2) is 15.9. The Bertz CT molecular complexity index is 3200. The molecule has 0 bridgehead atoms. The minimum atomic E-state index is 0.526. The molecule has 0 atom stereocenters. The van der Waals surface area contributed by atoms with E-state index in [9.17, 15) is 0 Å². The number of aromatic nitrogens is 7. The van der Waals surface area contributed by atoms with E-state index in [0.29, 0.717) is 34.9 Å². The summed E-state index contributed by atoms with van der Waals surface area (Å²) in [6.45, 7) is 4.32. The Hall–Kier alpha value is -8.42. The van der Waals surface area contributed by atoms with Gasteiger partial charge in [-0.15, -0.1) is 0 Å². The third-order valence-electron chi connectivity index (χ3n) is 11.5. The van der Waals surface area contributed by atoms with Crippen molar-refractivity contribution in [3.05, 3.63) is 211 Å². The summed E-state index contributed by atoms with van der Waals surface area (Å²) >= 11 is 0. The summed E-state index contributed by atoms with van der Waals surface area (Å²) in [5.74, 6) is 3.36. The molecular formula is C56H39N7. The van der Waals surface area contributed by atoms with Crippen LogP contribution in [0.2, 0.25) is 0 Å². The average Bonchev–Trinajstić information content (AvgIpc) is 3.68. The van der Waals surface area contributed by atoms with Gasteiger partial charge < -0.3 is 4.57 Å². The Morgan fingerprint density at radius 1 is 0.302 bits per heavy atom. The van der Waals surface area contributed by atoms with Gasteiger partial charge in [0.15, 0.2) is 34.9 Å². The molecule has 0 fully saturated rings. The predicted octanol–water partition coefficient (Wildman–Crippen LogP) is 13.4. The normalized spacial score (nSPS) is 11.3. The van der Waals surface area contributed by atoms with Crippen LogP contribution in [0, 0.1) is 13.8 Å². The number of aryl methyl sites for hydroxylation is 2. The number of nitrogens with zero attached hydrogens (tertiary/aromatic N) is 7. The van der Waals surface area contributed by atoms with Crippen molar-refractivity contribution in [2.45, 2.75) is 13.8 Å². The fourth-order valence-corrected chi connectivity index (χ4v) is 8.52. The van der Waals surface area contributed by atoms with E-state index in [2.05, 4.69) is 91.2 Å². The first-order valence-electron chi connectivity index (χ1n) is 21.0. The largest absolute Gasteiger partial charge is 0.308 e. The molecule has 0 aliphatic rings. The average molecular weight is 810 g/mol. The maximum atomic E-state index is 5.28. The van der Waals surface area contributed by atoms with Gasteiger partial charge >= 0.3 is 0 Å². The van der Waals surface area contributed by atoms with Crippen molar-refractivity contribution in [3.63, 3.8) is 0 Å². The Balaban J connectivity index is 1.25. The number of hydrogen-bond donors (Lipinski definition) is 0. The van der Waals surface area contributed by atoms with Crippen molar-refractivity contribution in [2.24, 2.45) is 0 Å². The van der Waals surface area contributed by atoms with E-state index in [4.69, 9.17) is 29.9 Å². The van der Waals surface area contributed by atoms with E-state index in [1.54, 1.807) is 0 Å². The van der Waals surface area contributed by atoms with Gasteiger partial charge in [0.2, 0.25) is 0 Å². The fraction of sp³-hybridized carbons (Fsp3) is 0.0357. The lowest BCUT2D eigenvalue weighted by Gasteiger charge is -2.19. The van der Waals surface area contributed by atoms with Crippen LogP contribution in [-0.2, 0) is 0 Å². The van der Waals surface area contributed by atoms with Crippen molar-refractivity contribution >= 4 is 21.8 Å². The van der Waals surface area contributed by atoms with Gasteiger partial charge in [-0.05, 0) is 60.9 Å². The van der Waals surface area contributed by atoms with Crippen LogP contribution in [0.15, 0.2) is 200 Å². The van der Waals surface area contributed by atoms with Gasteiger partial charge in [-0.25, -0.2) is 29.9 Å². The molecular weight excluding hydrogens is 771 g/mol. The van der Waals surface area contributed by atoms with Crippen LogP contribution in [0.4, 0.5) is 0 Å². The summed E-state index contributed by atoms with van der Waals surface area (Å²) in [4.78, 5) is 31.2. The first-order valence-corrected chi connectivity index (χ1v) is 21.0. The molecule has 0 unspecified atom stereocenters. The van der Waals surface area contributed by atoms with Crippen molar-refractivity contribution < 1.29 is 0 Å². The molecule has 7 nitrogen and oxygen atoms in total. The van der Waals surface area contributed by atoms with Gasteiger partial charge in [0, 0.05) is 44.2 Å². The molecule has 11 rings (SSSR count). The monoisotopic (exact) mass is 809 g/mol. The third kappa shape index (κ3) is 7.01. The second-order valence-electron chi connectivity index (χ2n) is 15.7. The lowest BCUT2D eigenvalue weighted by atomic mass is 9.97. The Morgan fingerprint density at radius 2 is 0.730 bits per heavy atom. The number of benzene rings is 8. The first-order chi connectivity index (χ1) is 31.1. The summed E-state index contributed by atoms with van der Waals surface area (Å²) in [5, 5.41) is 2.25. The second-order valence-corrected chi connectivity index (χ2v) is 15.7. The Kier molecular flexibility index (Phi) is 9.47. The zero-order valence-electron chi connectivity index (χ0n) is 34.7. The maximum absolute atomic E-state index is 5.28. The molecule has 0 N–H and O–H groups in total. The summed E-state index contributed by atoms with van der Waals surface area (Å²) < 4.78 is 2.34. The molecule has 3 aromatic heterocycles. The van der Waals surface area contributed by atoms with E-state index in [1.807, 2.05) is 127 Å². The van der Waals surface area contributed by atoms with Crippen LogP contribution in [0.25, 0.3) is 107 Å². The summed E-state index contributed by atoms with van der Waals surface area (Å²) in [5.41, 5.74) is 12.9. The minimum absolute atomic E-state index is 0.526. The van der Waals surface area contributed by atoms with Crippen molar-refractivity contribution in [3.8, 4) is 85.1 Å². The van der Waals surface area contributed by atoms with Gasteiger partial charge in [0.1, 0.15) is 0 Å². The number of rotatable bonds is 8. The van der Waals surface area contributed by atoms with Crippen LogP contribution < -0.4 is 0 Å². The van der Waals surface area contributed by atoms with E-state index >= 15 is 0 Å². The summed E-state index contributed by atoms with van der Waals surface area (Å²) in [6.07, 6.45) is 0. The van der Waals surface area contributed by atoms with Crippen LogP contribution in [0.5, 0.6) is 0 Å². The van der Waals surface area contributed by atoms with Gasteiger partial charge in [-0.3, -0.25) is 0 Å². The molecule has 0 aliphatic carbocycles. The van der Waals surface area contributed by atoms with E-state index < -0.39 is 0 Å². The molecule has 63 heavy (non-hydrogen) atoms. The van der Waals surface area contributed by atoms with Crippen LogP contribution >= 0.6 is 0 Å². The SMILES string of the molecule is Cc1ccc(-c2ccc3c(c2)c2ccccc2n3-c2c(-c3nc(-c4ccccc4)nc(-c4ccccc4)n3)cccc2-c2nc(-c3ccccc3)nc(-c3ccccc3)n2)c(C)c1. The third-order valence-corrected chi connectivity index (χ3v) is 11.5. The highest BCUT2D eigenvalue weighted by atomic mass is 15.1. The highest BCUT2D eigenvalue weighted by Crippen LogP contribution is 2.42. The standard InChI is InChI=1S/C56H39N7/c1-36-30-32-43(37(2)34-36)42-31-33-49-47(35-42)44-26-15-16-29-48(44)63(49)50-45(55-59-51(38-18-7-3-8-19-38)57-52(60-55)39-20-9-4-10-21-39)27-17-28-46(50)56-61-53(40-22-11-5-12-23-40)58-54(62-56)41-24-13-6-14-25-41/h3-35H,1-2H3. The van der Waals surface area contributed by atoms with Crippen molar-refractivity contribution in [1.82, 2.24) is 34.5 Å². The van der Waals surface area contributed by atoms with Crippen molar-refractivity contribution in [2.75, 3.05) is 0 Å². The highest BCUT2D eigenvalue weighted by Gasteiger charge is 2.25. The van der Waals surface area contributed by atoms with Crippen LogP contribution in [-0.4, -0.2) is 34.5 Å². The number of para-hydroxylation sites is 2. The molecule has 3 heterocycles. The number of hydrogen-bond acceptors (Lipinski definition) is 6. The zero-order valence-corrected chi connectivity index (χ0v) is 34.7. The first kappa shape index (κ1) is 37.6. The summed E-state index contributed by atoms with van der Waals surface area (Å²) in [7, 11) is 0. The molecule has 0 spiro atoms. The van der Waals surface area contributed by atoms with Gasteiger partial charge in [-0.1, -0.05) is 175 Å². The van der Waals surface area contributed by atoms with E-state index in [-0.39, 0.29) is 0 Å². The quantitative estimate of drug-likeness (QED) is 0.152. The smallest absolute Gasteiger partial charge is 0.166 e. The molecule has 7 heteroatoms. The molecule has 0 saturated heterocycles. The minimum Gasteiger partial charge on any atom is -0.308 e. The number of fused-ring (bicyclic) bond motifs is 3. The molecule has 0 amide bonds. The summed E-state index contributed by atoms with van der Waals surface area (Å²) in [6, 6.07) is 68.6. The molecule has 0 radical (unpaired) electrons. The molecule has 0 aliphatic heterocycles. The lowest BCUT2D eigenvalue weighted by molar-refractivity contribution is 1.05. The Morgan fingerprint density at radius 3 is 1.21 bits per heavy atom. The molecule has 11 aromatic rings. The van der Waals surface area contributed by atoms with Crippen molar-refractivity contribution in [1.29, 1.82) is 0 Å². The predicted molar refractivity (Wildman–Crippen MR) is 255 cm³/mol. The lowest BCUT2D eigenvalue weighted by Crippen LogP contribution is -2.07. The zero-order chi connectivity index (χ0) is 42.3. The molecule has 0 saturated carbocycles.